The summed E-state index contributed by atoms with van der Waals surface area (Å²) < 4.78 is 0. The van der Waals surface area contributed by atoms with Gasteiger partial charge in [-0.3, -0.25) is 9.78 Å². The van der Waals surface area contributed by atoms with Crippen molar-refractivity contribution in [3.05, 3.63) is 59.4 Å². The van der Waals surface area contributed by atoms with E-state index >= 15 is 0 Å². The van der Waals surface area contributed by atoms with E-state index in [4.69, 9.17) is 5.73 Å². The van der Waals surface area contributed by atoms with E-state index in [1.807, 2.05) is 29.2 Å². The second-order valence-corrected chi connectivity index (χ2v) is 4.43. The number of fused-ring (bicyclic) bond motifs is 1. The van der Waals surface area contributed by atoms with Gasteiger partial charge < -0.3 is 10.6 Å². The fourth-order valence-electron chi connectivity index (χ4n) is 2.22. The Morgan fingerprint density at radius 2 is 2.00 bits per heavy atom. The lowest BCUT2D eigenvalue weighted by atomic mass is 10.1. The number of pyridine rings is 1. The molecule has 3 rings (SSSR count). The predicted molar refractivity (Wildman–Crippen MR) is 68.7 cm³/mol. The Balaban J connectivity index is 1.85. The van der Waals surface area contributed by atoms with Crippen LogP contribution >= 0.6 is 0 Å². The molecule has 2 aromatic rings. The summed E-state index contributed by atoms with van der Waals surface area (Å²) >= 11 is 0. The first-order valence-electron chi connectivity index (χ1n) is 5.80. The molecule has 2 N–H and O–H groups in total. The van der Waals surface area contributed by atoms with Gasteiger partial charge in [0.2, 0.25) is 0 Å². The first-order chi connectivity index (χ1) is 8.74. The Hall–Kier alpha value is -2.36. The van der Waals surface area contributed by atoms with Gasteiger partial charge in [0.25, 0.3) is 5.91 Å². The number of benzene rings is 1. The van der Waals surface area contributed by atoms with E-state index in [1.54, 1.807) is 18.5 Å². The molecule has 1 amide bonds. The topological polar surface area (TPSA) is 59.2 Å². The fraction of sp³-hybridized carbons (Fsp3) is 0.143. The van der Waals surface area contributed by atoms with E-state index in [-0.39, 0.29) is 5.91 Å². The van der Waals surface area contributed by atoms with Crippen LogP contribution in [0.25, 0.3) is 0 Å². The van der Waals surface area contributed by atoms with Crippen LogP contribution in [0.3, 0.4) is 0 Å². The molecule has 0 spiro atoms. The molecule has 4 heteroatoms. The van der Waals surface area contributed by atoms with Crippen molar-refractivity contribution in [1.82, 2.24) is 9.88 Å². The molecule has 90 valence electrons. The number of carbonyl (C=O) groups excluding carboxylic acids is 1. The highest BCUT2D eigenvalue weighted by atomic mass is 16.2. The third kappa shape index (κ3) is 1.82. The van der Waals surface area contributed by atoms with Crippen molar-refractivity contribution in [2.45, 2.75) is 13.1 Å². The van der Waals surface area contributed by atoms with Crippen LogP contribution in [0.4, 0.5) is 5.69 Å². The number of carbonyl (C=O) groups is 1. The lowest BCUT2D eigenvalue weighted by molar-refractivity contribution is 0.0766. The maximum Gasteiger partial charge on any atom is 0.254 e. The van der Waals surface area contributed by atoms with E-state index in [0.29, 0.717) is 18.8 Å². The third-order valence-electron chi connectivity index (χ3n) is 3.14. The molecule has 1 aliphatic rings. The number of hydrogen-bond acceptors (Lipinski definition) is 3. The summed E-state index contributed by atoms with van der Waals surface area (Å²) in [4.78, 5) is 18.0. The van der Waals surface area contributed by atoms with Gasteiger partial charge in [0, 0.05) is 36.7 Å². The lowest BCUT2D eigenvalue weighted by Crippen LogP contribution is -2.23. The molecule has 2 heterocycles. The van der Waals surface area contributed by atoms with Gasteiger partial charge in [-0.05, 0) is 35.4 Å². The van der Waals surface area contributed by atoms with Gasteiger partial charge in [0.1, 0.15) is 0 Å². The van der Waals surface area contributed by atoms with Crippen LogP contribution in [0.15, 0.2) is 42.7 Å². The molecule has 1 aromatic heterocycles. The fourth-order valence-corrected chi connectivity index (χ4v) is 2.22. The standard InChI is InChI=1S/C14H13N3O/c15-12-2-1-11-9-17(14(18)13(11)7-12)8-10-3-5-16-6-4-10/h1-7H,8-9,15H2. The summed E-state index contributed by atoms with van der Waals surface area (Å²) in [5, 5.41) is 0. The van der Waals surface area contributed by atoms with Gasteiger partial charge in [-0.1, -0.05) is 6.07 Å². The molecule has 0 unspecified atom stereocenters. The average Bonchev–Trinajstić information content (AvgIpc) is 2.68. The van der Waals surface area contributed by atoms with Crippen molar-refractivity contribution in [3.63, 3.8) is 0 Å². The second kappa shape index (κ2) is 4.14. The smallest absolute Gasteiger partial charge is 0.254 e. The van der Waals surface area contributed by atoms with Crippen molar-refractivity contribution in [2.24, 2.45) is 0 Å². The van der Waals surface area contributed by atoms with Gasteiger partial charge in [-0.25, -0.2) is 0 Å². The highest BCUT2D eigenvalue weighted by Crippen LogP contribution is 2.25. The number of hydrogen-bond donors (Lipinski definition) is 1. The molecule has 0 atom stereocenters. The SMILES string of the molecule is Nc1ccc2c(c1)C(=O)N(Cc1ccncc1)C2. The van der Waals surface area contributed by atoms with Crippen LogP contribution in [-0.4, -0.2) is 15.8 Å². The van der Waals surface area contributed by atoms with Crippen LogP contribution in [0.5, 0.6) is 0 Å². The summed E-state index contributed by atoms with van der Waals surface area (Å²) in [7, 11) is 0. The maximum absolute atomic E-state index is 12.2. The Morgan fingerprint density at radius 3 is 2.78 bits per heavy atom. The minimum Gasteiger partial charge on any atom is -0.399 e. The summed E-state index contributed by atoms with van der Waals surface area (Å²) in [5.41, 5.74) is 9.20. The van der Waals surface area contributed by atoms with Gasteiger partial charge in [-0.2, -0.15) is 0 Å². The largest absolute Gasteiger partial charge is 0.399 e. The van der Waals surface area contributed by atoms with Crippen LogP contribution in [0.2, 0.25) is 0 Å². The molecule has 18 heavy (non-hydrogen) atoms. The van der Waals surface area contributed by atoms with Crippen molar-refractivity contribution in [1.29, 1.82) is 0 Å². The molecule has 0 aliphatic carbocycles. The summed E-state index contributed by atoms with van der Waals surface area (Å²) in [6.45, 7) is 1.26. The number of nitrogen functional groups attached to an aromatic ring is 1. The summed E-state index contributed by atoms with van der Waals surface area (Å²) in [6, 6.07) is 9.36. The van der Waals surface area contributed by atoms with Crippen molar-refractivity contribution in [2.75, 3.05) is 5.73 Å². The molecule has 0 radical (unpaired) electrons. The van der Waals surface area contributed by atoms with Gasteiger partial charge in [-0.15, -0.1) is 0 Å². The molecule has 0 bridgehead atoms. The van der Waals surface area contributed by atoms with Crippen LogP contribution < -0.4 is 5.73 Å². The molecule has 0 fully saturated rings. The molecule has 1 aliphatic heterocycles. The summed E-state index contributed by atoms with van der Waals surface area (Å²) in [6.07, 6.45) is 3.47. The zero-order valence-electron chi connectivity index (χ0n) is 9.84. The molecule has 1 aromatic carbocycles. The van der Waals surface area contributed by atoms with Crippen molar-refractivity contribution >= 4 is 11.6 Å². The van der Waals surface area contributed by atoms with E-state index < -0.39 is 0 Å². The Kier molecular flexibility index (Phi) is 2.48. The quantitative estimate of drug-likeness (QED) is 0.813. The third-order valence-corrected chi connectivity index (χ3v) is 3.14. The number of nitrogens with two attached hydrogens (primary N) is 1. The average molecular weight is 239 g/mol. The number of nitrogens with zero attached hydrogens (tertiary/aromatic N) is 2. The molecular weight excluding hydrogens is 226 g/mol. The van der Waals surface area contributed by atoms with Gasteiger partial charge in [0.05, 0.1) is 0 Å². The van der Waals surface area contributed by atoms with Crippen LogP contribution in [0, 0.1) is 0 Å². The van der Waals surface area contributed by atoms with E-state index in [2.05, 4.69) is 4.98 Å². The highest BCUT2D eigenvalue weighted by Gasteiger charge is 2.27. The molecular formula is C14H13N3O. The normalized spacial score (nSPS) is 13.8. The highest BCUT2D eigenvalue weighted by molar-refractivity contribution is 5.99. The lowest BCUT2D eigenvalue weighted by Gasteiger charge is -2.15. The minimum atomic E-state index is 0.0501. The van der Waals surface area contributed by atoms with Gasteiger partial charge in [0.15, 0.2) is 0 Å². The first kappa shape index (κ1) is 10.8. The predicted octanol–water partition coefficient (Wildman–Crippen LogP) is 1.82. The van der Waals surface area contributed by atoms with E-state index in [1.165, 1.54) is 0 Å². The van der Waals surface area contributed by atoms with Crippen molar-refractivity contribution in [3.8, 4) is 0 Å². The Morgan fingerprint density at radius 1 is 1.22 bits per heavy atom. The molecule has 0 saturated carbocycles. The number of rotatable bonds is 2. The second-order valence-electron chi connectivity index (χ2n) is 4.43. The Labute approximate surface area is 105 Å². The van der Waals surface area contributed by atoms with E-state index in [9.17, 15) is 4.79 Å². The number of anilines is 1. The molecule has 0 saturated heterocycles. The zero-order valence-corrected chi connectivity index (χ0v) is 9.84. The number of amides is 1. The first-order valence-corrected chi connectivity index (χ1v) is 5.80. The van der Waals surface area contributed by atoms with Crippen LogP contribution in [-0.2, 0) is 13.1 Å². The van der Waals surface area contributed by atoms with Crippen LogP contribution in [0.1, 0.15) is 21.5 Å². The van der Waals surface area contributed by atoms with E-state index in [0.717, 1.165) is 16.7 Å². The minimum absolute atomic E-state index is 0.0501. The zero-order chi connectivity index (χ0) is 12.5. The maximum atomic E-state index is 12.2. The Bertz CT molecular complexity index is 595. The van der Waals surface area contributed by atoms with Gasteiger partial charge >= 0.3 is 0 Å². The van der Waals surface area contributed by atoms with Crippen molar-refractivity contribution < 1.29 is 4.79 Å². The summed E-state index contributed by atoms with van der Waals surface area (Å²) in [5.74, 6) is 0.0501. The molecule has 4 nitrogen and oxygen atoms in total. The monoisotopic (exact) mass is 239 g/mol. The number of aromatic nitrogens is 1.